The van der Waals surface area contributed by atoms with Crippen LogP contribution in [0.3, 0.4) is 0 Å². The third kappa shape index (κ3) is 3.75. The lowest BCUT2D eigenvalue weighted by atomic mass is 10.3. The Balaban J connectivity index is 1.34. The Morgan fingerprint density at radius 1 is 1.04 bits per heavy atom. The summed E-state index contributed by atoms with van der Waals surface area (Å²) < 4.78 is 12.3. The summed E-state index contributed by atoms with van der Waals surface area (Å²) in [4.78, 5) is 16.5. The molecule has 0 saturated heterocycles. The number of nitrogens with one attached hydrogen (secondary N) is 1. The molecule has 6 heteroatoms. The number of amides is 1. The molecule has 1 amide bonds. The molecule has 1 N–H and O–H groups in total. The van der Waals surface area contributed by atoms with E-state index in [0.717, 1.165) is 15.2 Å². The summed E-state index contributed by atoms with van der Waals surface area (Å²) in [6, 6.07) is 20.9. The van der Waals surface area contributed by atoms with Gasteiger partial charge in [-0.1, -0.05) is 30.3 Å². The van der Waals surface area contributed by atoms with Crippen LogP contribution in [0.5, 0.6) is 5.75 Å². The minimum absolute atomic E-state index is 0.0323. The number of carbonyl (C=O) groups is 1. The summed E-state index contributed by atoms with van der Waals surface area (Å²) in [6.07, 6.45) is 0. The van der Waals surface area contributed by atoms with E-state index in [9.17, 15) is 4.79 Å². The molecule has 4 rings (SSSR count). The van der Waals surface area contributed by atoms with Crippen molar-refractivity contribution in [1.29, 1.82) is 0 Å². The SMILES string of the molecule is O=C(COc1ccccc1)NCc1ccc(-c2nc3ccccc3s2)o1. The van der Waals surface area contributed by atoms with Crippen molar-refractivity contribution < 1.29 is 13.9 Å². The molecule has 0 aliphatic carbocycles. The summed E-state index contributed by atoms with van der Waals surface area (Å²) in [7, 11) is 0. The smallest absolute Gasteiger partial charge is 0.258 e. The van der Waals surface area contributed by atoms with Crippen LogP contribution in [0.2, 0.25) is 0 Å². The van der Waals surface area contributed by atoms with Crippen molar-refractivity contribution in [2.45, 2.75) is 6.54 Å². The Kier molecular flexibility index (Phi) is 4.66. The number of fused-ring (bicyclic) bond motifs is 1. The molecule has 26 heavy (non-hydrogen) atoms. The molecule has 0 fully saturated rings. The van der Waals surface area contributed by atoms with Gasteiger partial charge in [-0.3, -0.25) is 4.79 Å². The fourth-order valence-electron chi connectivity index (χ4n) is 2.47. The highest BCUT2D eigenvalue weighted by Crippen LogP contribution is 2.31. The maximum atomic E-state index is 11.9. The van der Waals surface area contributed by atoms with Gasteiger partial charge in [-0.2, -0.15) is 0 Å². The second-order valence-corrected chi connectivity index (χ2v) is 6.66. The molecule has 0 bridgehead atoms. The molecule has 2 aromatic carbocycles. The topological polar surface area (TPSA) is 64.4 Å². The quantitative estimate of drug-likeness (QED) is 0.555. The van der Waals surface area contributed by atoms with Gasteiger partial charge in [0.05, 0.1) is 16.8 Å². The van der Waals surface area contributed by atoms with E-state index in [-0.39, 0.29) is 12.5 Å². The number of ether oxygens (including phenoxy) is 1. The van der Waals surface area contributed by atoms with E-state index in [0.29, 0.717) is 23.8 Å². The number of furan rings is 1. The highest BCUT2D eigenvalue weighted by atomic mass is 32.1. The molecule has 2 aromatic heterocycles. The number of benzene rings is 2. The third-order valence-electron chi connectivity index (χ3n) is 3.74. The van der Waals surface area contributed by atoms with E-state index in [1.807, 2.05) is 66.7 Å². The van der Waals surface area contributed by atoms with Gasteiger partial charge in [-0.15, -0.1) is 11.3 Å². The summed E-state index contributed by atoms with van der Waals surface area (Å²) in [5.74, 6) is 1.84. The van der Waals surface area contributed by atoms with Crippen LogP contribution in [0, 0.1) is 0 Å². The van der Waals surface area contributed by atoms with E-state index in [4.69, 9.17) is 9.15 Å². The highest BCUT2D eigenvalue weighted by molar-refractivity contribution is 7.21. The molecular formula is C20H16N2O3S. The molecule has 0 atom stereocenters. The number of hydrogen-bond acceptors (Lipinski definition) is 5. The molecule has 0 saturated carbocycles. The van der Waals surface area contributed by atoms with E-state index in [1.165, 1.54) is 0 Å². The maximum Gasteiger partial charge on any atom is 0.258 e. The molecule has 0 aliphatic rings. The number of thiazole rings is 1. The molecule has 0 unspecified atom stereocenters. The number of para-hydroxylation sites is 2. The van der Waals surface area contributed by atoms with Gasteiger partial charge in [-0.05, 0) is 36.4 Å². The van der Waals surface area contributed by atoms with Crippen molar-refractivity contribution in [3.8, 4) is 16.5 Å². The van der Waals surface area contributed by atoms with Gasteiger partial charge < -0.3 is 14.5 Å². The Morgan fingerprint density at radius 3 is 2.69 bits per heavy atom. The second kappa shape index (κ2) is 7.41. The van der Waals surface area contributed by atoms with Crippen molar-refractivity contribution in [1.82, 2.24) is 10.3 Å². The lowest BCUT2D eigenvalue weighted by Crippen LogP contribution is -2.28. The van der Waals surface area contributed by atoms with Crippen LogP contribution in [-0.4, -0.2) is 17.5 Å². The zero-order valence-corrected chi connectivity index (χ0v) is 14.7. The first-order valence-corrected chi connectivity index (χ1v) is 8.99. The lowest BCUT2D eigenvalue weighted by Gasteiger charge is -2.06. The van der Waals surface area contributed by atoms with Crippen LogP contribution in [0.4, 0.5) is 0 Å². The van der Waals surface area contributed by atoms with E-state index in [2.05, 4.69) is 10.3 Å². The molecule has 4 aromatic rings. The average Bonchev–Trinajstić information content (AvgIpc) is 3.32. The zero-order chi connectivity index (χ0) is 17.8. The van der Waals surface area contributed by atoms with Gasteiger partial charge in [0.1, 0.15) is 11.5 Å². The van der Waals surface area contributed by atoms with Crippen molar-refractivity contribution in [3.05, 3.63) is 72.5 Å². The first-order valence-electron chi connectivity index (χ1n) is 8.17. The number of hydrogen-bond donors (Lipinski definition) is 1. The van der Waals surface area contributed by atoms with Gasteiger partial charge >= 0.3 is 0 Å². The fraction of sp³-hybridized carbons (Fsp3) is 0.100. The Morgan fingerprint density at radius 2 is 1.85 bits per heavy atom. The molecule has 0 aliphatic heterocycles. The van der Waals surface area contributed by atoms with Crippen LogP contribution >= 0.6 is 11.3 Å². The van der Waals surface area contributed by atoms with Crippen LogP contribution < -0.4 is 10.1 Å². The minimum Gasteiger partial charge on any atom is -0.484 e. The number of rotatable bonds is 6. The molecule has 0 spiro atoms. The molecule has 5 nitrogen and oxygen atoms in total. The van der Waals surface area contributed by atoms with Gasteiger partial charge in [0.25, 0.3) is 5.91 Å². The summed E-state index contributed by atoms with van der Waals surface area (Å²) in [5, 5.41) is 3.62. The molecule has 0 radical (unpaired) electrons. The van der Waals surface area contributed by atoms with E-state index in [1.54, 1.807) is 11.3 Å². The average molecular weight is 364 g/mol. The number of aromatic nitrogens is 1. The summed E-state index contributed by atoms with van der Waals surface area (Å²) in [6.45, 7) is 0.275. The van der Waals surface area contributed by atoms with Crippen molar-refractivity contribution >= 4 is 27.5 Å². The Labute approximate surface area is 154 Å². The number of carbonyl (C=O) groups excluding carboxylic acids is 1. The van der Waals surface area contributed by atoms with Gasteiger partial charge in [0, 0.05) is 0 Å². The molecular weight excluding hydrogens is 348 g/mol. The normalized spacial score (nSPS) is 10.8. The summed E-state index contributed by atoms with van der Waals surface area (Å²) in [5.41, 5.74) is 0.955. The number of nitrogens with zero attached hydrogens (tertiary/aromatic N) is 1. The monoisotopic (exact) mass is 364 g/mol. The van der Waals surface area contributed by atoms with Gasteiger partial charge in [0.15, 0.2) is 17.4 Å². The fourth-order valence-corrected chi connectivity index (χ4v) is 3.40. The predicted molar refractivity (Wildman–Crippen MR) is 101 cm³/mol. The molecule has 2 heterocycles. The predicted octanol–water partition coefficient (Wildman–Crippen LogP) is 4.25. The first kappa shape index (κ1) is 16.4. The third-order valence-corrected chi connectivity index (χ3v) is 4.79. The van der Waals surface area contributed by atoms with E-state index >= 15 is 0 Å². The zero-order valence-electron chi connectivity index (χ0n) is 13.8. The van der Waals surface area contributed by atoms with Crippen LogP contribution in [0.1, 0.15) is 5.76 Å². The van der Waals surface area contributed by atoms with Gasteiger partial charge in [-0.25, -0.2) is 4.98 Å². The second-order valence-electron chi connectivity index (χ2n) is 5.63. The standard InChI is InChI=1S/C20H16N2O3S/c23-19(13-24-14-6-2-1-3-7-14)21-12-15-10-11-17(25-15)20-22-16-8-4-5-9-18(16)26-20/h1-11H,12-13H2,(H,21,23). The largest absolute Gasteiger partial charge is 0.484 e. The van der Waals surface area contributed by atoms with E-state index < -0.39 is 0 Å². The lowest BCUT2D eigenvalue weighted by molar-refractivity contribution is -0.123. The van der Waals surface area contributed by atoms with Crippen molar-refractivity contribution in [2.24, 2.45) is 0 Å². The minimum atomic E-state index is -0.202. The van der Waals surface area contributed by atoms with Crippen LogP contribution in [0.15, 0.2) is 71.1 Å². The van der Waals surface area contributed by atoms with Crippen LogP contribution in [-0.2, 0) is 11.3 Å². The first-order chi connectivity index (χ1) is 12.8. The van der Waals surface area contributed by atoms with Crippen LogP contribution in [0.25, 0.3) is 21.0 Å². The van der Waals surface area contributed by atoms with Crippen molar-refractivity contribution in [3.63, 3.8) is 0 Å². The Hall–Kier alpha value is -3.12. The maximum absolute atomic E-state index is 11.9. The Bertz CT molecular complexity index is 991. The summed E-state index contributed by atoms with van der Waals surface area (Å²) >= 11 is 1.58. The molecule has 130 valence electrons. The highest BCUT2D eigenvalue weighted by Gasteiger charge is 2.11. The van der Waals surface area contributed by atoms with Crippen molar-refractivity contribution in [2.75, 3.05) is 6.61 Å². The van der Waals surface area contributed by atoms with Gasteiger partial charge in [0.2, 0.25) is 0 Å².